The van der Waals surface area contributed by atoms with Crippen LogP contribution in [0.5, 0.6) is 0 Å². The number of carbonyl (C=O) groups excluding carboxylic acids is 1. The molecule has 0 aliphatic carbocycles. The van der Waals surface area contributed by atoms with Gasteiger partial charge < -0.3 is 0 Å². The van der Waals surface area contributed by atoms with Crippen LogP contribution in [0, 0.1) is 6.92 Å². The summed E-state index contributed by atoms with van der Waals surface area (Å²) in [6.07, 6.45) is 3.57. The highest BCUT2D eigenvalue weighted by Gasteiger charge is 2.33. The summed E-state index contributed by atoms with van der Waals surface area (Å²) in [5.41, 5.74) is 8.58. The minimum Gasteiger partial charge on any atom is -0.272 e. The number of anilines is 1. The van der Waals surface area contributed by atoms with Gasteiger partial charge in [0.25, 0.3) is 5.91 Å². The molecule has 1 aromatic heterocycles. The van der Waals surface area contributed by atoms with Crippen LogP contribution in [0.15, 0.2) is 137 Å². The van der Waals surface area contributed by atoms with Gasteiger partial charge in [-0.15, -0.1) is 0 Å². The van der Waals surface area contributed by atoms with E-state index in [0.29, 0.717) is 17.4 Å². The predicted molar refractivity (Wildman–Crippen MR) is 160 cm³/mol. The number of amidine groups is 1. The lowest BCUT2D eigenvalue weighted by Gasteiger charge is -2.21. The molecular formula is C33H26N6O. The third-order valence-electron chi connectivity index (χ3n) is 6.42. The summed E-state index contributed by atoms with van der Waals surface area (Å²) in [5, 5.41) is 6.30. The molecule has 1 amide bonds. The molecule has 0 unspecified atom stereocenters. The largest absolute Gasteiger partial charge is 0.297 e. The van der Waals surface area contributed by atoms with Crippen LogP contribution in [0.1, 0.15) is 22.4 Å². The first-order valence-corrected chi connectivity index (χ1v) is 12.9. The number of aromatic nitrogens is 2. The molecule has 6 rings (SSSR count). The van der Waals surface area contributed by atoms with Crippen LogP contribution < -0.4 is 5.43 Å². The summed E-state index contributed by atoms with van der Waals surface area (Å²) in [7, 11) is 0. The number of rotatable bonds is 7. The molecule has 0 saturated heterocycles. The minimum absolute atomic E-state index is 0.271. The zero-order chi connectivity index (χ0) is 27.3. The van der Waals surface area contributed by atoms with E-state index in [1.54, 1.807) is 17.0 Å². The quantitative estimate of drug-likeness (QED) is 0.194. The van der Waals surface area contributed by atoms with E-state index in [2.05, 4.69) is 10.4 Å². The Morgan fingerprint density at radius 2 is 1.38 bits per heavy atom. The highest BCUT2D eigenvalue weighted by atomic mass is 16.2. The maximum atomic E-state index is 13.9. The summed E-state index contributed by atoms with van der Waals surface area (Å²) in [5.74, 6) is 0.825. The van der Waals surface area contributed by atoms with Gasteiger partial charge in [0.15, 0.2) is 11.7 Å². The van der Waals surface area contributed by atoms with Gasteiger partial charge in [0, 0.05) is 11.8 Å². The Morgan fingerprint density at radius 1 is 0.775 bits per heavy atom. The minimum atomic E-state index is -0.271. The first kappa shape index (κ1) is 24.8. The maximum Gasteiger partial charge on any atom is 0.297 e. The number of carbonyl (C=O) groups is 1. The van der Waals surface area contributed by atoms with Gasteiger partial charge >= 0.3 is 0 Å². The van der Waals surface area contributed by atoms with Gasteiger partial charge in [-0.05, 0) is 42.8 Å². The summed E-state index contributed by atoms with van der Waals surface area (Å²) in [4.78, 5) is 23.3. The van der Waals surface area contributed by atoms with Crippen molar-refractivity contribution in [1.82, 2.24) is 14.8 Å². The van der Waals surface area contributed by atoms with Gasteiger partial charge in [0.2, 0.25) is 0 Å². The van der Waals surface area contributed by atoms with Crippen LogP contribution in [-0.2, 0) is 4.79 Å². The van der Waals surface area contributed by atoms with E-state index in [-0.39, 0.29) is 5.91 Å². The lowest BCUT2D eigenvalue weighted by Crippen LogP contribution is -2.39. The Hall–Kier alpha value is -5.56. The number of para-hydroxylation sites is 2. The van der Waals surface area contributed by atoms with Gasteiger partial charge in [0.05, 0.1) is 22.6 Å². The zero-order valence-corrected chi connectivity index (χ0v) is 21.8. The number of nitrogens with one attached hydrogen (secondary N) is 1. The molecule has 4 aromatic carbocycles. The molecule has 0 fully saturated rings. The van der Waals surface area contributed by atoms with Crippen LogP contribution in [0.25, 0.3) is 11.8 Å². The fourth-order valence-electron chi connectivity index (χ4n) is 4.42. The second-order valence-corrected chi connectivity index (χ2v) is 9.18. The van der Waals surface area contributed by atoms with Crippen LogP contribution >= 0.6 is 0 Å². The van der Waals surface area contributed by atoms with E-state index < -0.39 is 0 Å². The smallest absolute Gasteiger partial charge is 0.272 e. The molecule has 40 heavy (non-hydrogen) atoms. The first-order chi connectivity index (χ1) is 19.7. The van der Waals surface area contributed by atoms with Crippen molar-refractivity contribution in [2.45, 2.75) is 6.92 Å². The number of hydrogen-bond acceptors (Lipinski definition) is 5. The van der Waals surface area contributed by atoms with Gasteiger partial charge in [-0.25, -0.2) is 9.67 Å². The zero-order valence-electron chi connectivity index (χ0n) is 21.8. The van der Waals surface area contributed by atoms with Crippen LogP contribution in [-0.4, -0.2) is 32.7 Å². The fraction of sp³-hybridized carbons (Fsp3) is 0.0303. The van der Waals surface area contributed by atoms with Crippen molar-refractivity contribution in [2.24, 2.45) is 9.98 Å². The lowest BCUT2D eigenvalue weighted by molar-refractivity contribution is -0.121. The molecule has 2 heterocycles. The highest BCUT2D eigenvalue weighted by Crippen LogP contribution is 2.28. The van der Waals surface area contributed by atoms with E-state index in [1.165, 1.54) is 5.01 Å². The number of hydrazine groups is 1. The van der Waals surface area contributed by atoms with Crippen molar-refractivity contribution >= 4 is 35.5 Å². The number of amides is 1. The molecule has 1 N–H and O–H groups in total. The van der Waals surface area contributed by atoms with Crippen LogP contribution in [0.4, 0.5) is 11.5 Å². The number of hydrogen-bond donors (Lipinski definition) is 1. The van der Waals surface area contributed by atoms with Gasteiger partial charge in [-0.3, -0.25) is 15.2 Å². The molecule has 1 aliphatic rings. The SMILES string of the molecule is Cc1nn(-c2ccccc2)c(NN2C(=O)/C(=C/c3ccccc3)N=C2c2ccccc2)c1C=Nc1ccccc1. The number of benzene rings is 4. The Labute approximate surface area is 232 Å². The number of aliphatic imine (C=N–C) groups is 2. The van der Waals surface area contributed by atoms with Crippen molar-refractivity contribution in [1.29, 1.82) is 0 Å². The number of aryl methyl sites for hydroxylation is 1. The topological polar surface area (TPSA) is 74.9 Å². The molecule has 0 saturated carbocycles. The Balaban J connectivity index is 1.46. The molecule has 0 spiro atoms. The molecule has 0 atom stereocenters. The molecular weight excluding hydrogens is 496 g/mol. The fourth-order valence-corrected chi connectivity index (χ4v) is 4.42. The summed E-state index contributed by atoms with van der Waals surface area (Å²) < 4.78 is 1.79. The molecule has 7 heteroatoms. The van der Waals surface area contributed by atoms with Gasteiger partial charge in [0.1, 0.15) is 5.70 Å². The van der Waals surface area contributed by atoms with Gasteiger partial charge in [-0.2, -0.15) is 10.1 Å². The normalized spacial score (nSPS) is 14.2. The van der Waals surface area contributed by atoms with Gasteiger partial charge in [-0.1, -0.05) is 97.1 Å². The van der Waals surface area contributed by atoms with E-state index in [0.717, 1.165) is 33.8 Å². The van der Waals surface area contributed by atoms with E-state index in [1.807, 2.05) is 128 Å². The molecule has 0 bridgehead atoms. The highest BCUT2D eigenvalue weighted by molar-refractivity contribution is 6.20. The Kier molecular flexibility index (Phi) is 6.84. The van der Waals surface area contributed by atoms with Crippen molar-refractivity contribution in [3.05, 3.63) is 149 Å². The van der Waals surface area contributed by atoms with E-state index in [9.17, 15) is 4.79 Å². The lowest BCUT2D eigenvalue weighted by atomic mass is 10.2. The summed E-state index contributed by atoms with van der Waals surface area (Å²) in [6, 6.07) is 38.9. The molecule has 7 nitrogen and oxygen atoms in total. The van der Waals surface area contributed by atoms with Crippen LogP contribution in [0.3, 0.4) is 0 Å². The van der Waals surface area contributed by atoms with Crippen molar-refractivity contribution in [2.75, 3.05) is 5.43 Å². The molecule has 1 aliphatic heterocycles. The van der Waals surface area contributed by atoms with Crippen molar-refractivity contribution in [3.8, 4) is 5.69 Å². The maximum absolute atomic E-state index is 13.9. The monoisotopic (exact) mass is 522 g/mol. The first-order valence-electron chi connectivity index (χ1n) is 12.9. The Morgan fingerprint density at radius 3 is 2.05 bits per heavy atom. The Bertz CT molecular complexity index is 1720. The average Bonchev–Trinajstić information content (AvgIpc) is 3.49. The number of nitrogens with zero attached hydrogens (tertiary/aromatic N) is 5. The van der Waals surface area contributed by atoms with Crippen LogP contribution in [0.2, 0.25) is 0 Å². The molecule has 194 valence electrons. The van der Waals surface area contributed by atoms with Crippen molar-refractivity contribution < 1.29 is 4.79 Å². The van der Waals surface area contributed by atoms with E-state index in [4.69, 9.17) is 10.1 Å². The summed E-state index contributed by atoms with van der Waals surface area (Å²) >= 11 is 0. The third kappa shape index (κ3) is 5.08. The second-order valence-electron chi connectivity index (χ2n) is 9.18. The standard InChI is InChI=1S/C33H26N6O/c1-24-29(23-34-27-18-10-4-11-19-27)32(38(36-24)28-20-12-5-13-21-28)37-39-31(26-16-8-3-9-17-26)35-30(33(39)40)22-25-14-6-2-7-15-25/h2-23,37H,1H3/b30-22-,34-23?. The molecule has 5 aromatic rings. The van der Waals surface area contributed by atoms with Crippen molar-refractivity contribution in [3.63, 3.8) is 0 Å². The van der Waals surface area contributed by atoms with E-state index >= 15 is 0 Å². The second kappa shape index (κ2) is 11.0. The average molecular weight is 523 g/mol. The predicted octanol–water partition coefficient (Wildman–Crippen LogP) is 6.59. The molecule has 0 radical (unpaired) electrons. The third-order valence-corrected chi connectivity index (χ3v) is 6.42. The summed E-state index contributed by atoms with van der Waals surface area (Å²) in [6.45, 7) is 1.93.